The lowest BCUT2D eigenvalue weighted by atomic mass is 9.62. The predicted octanol–water partition coefficient (Wildman–Crippen LogP) is 6.31. The number of hydrogen-bond donors (Lipinski definition) is 2. The Balaban J connectivity index is 1.71. The molecule has 204 valence electrons. The first-order valence-corrected chi connectivity index (χ1v) is 14.0. The minimum Gasteiger partial charge on any atom is -0.390 e. The molecule has 2 fully saturated rings. The number of rotatable bonds is 5. The number of hydrogen-bond acceptors (Lipinski definition) is 5. The molecule has 2 N–H and O–H groups in total. The lowest BCUT2D eigenvalue weighted by Crippen LogP contribution is -2.48. The van der Waals surface area contributed by atoms with Crippen molar-refractivity contribution in [2.75, 3.05) is 0 Å². The van der Waals surface area contributed by atoms with E-state index in [-0.39, 0.29) is 49.7 Å². The Kier molecular flexibility index (Phi) is 6.82. The average molecular weight is 566 g/mol. The molecular weight excluding hydrogens is 535 g/mol. The quantitative estimate of drug-likeness (QED) is 0.445. The van der Waals surface area contributed by atoms with Crippen molar-refractivity contribution in [3.63, 3.8) is 0 Å². The van der Waals surface area contributed by atoms with Crippen molar-refractivity contribution in [2.45, 2.75) is 87.3 Å². The maximum atomic E-state index is 15.7. The lowest BCUT2D eigenvalue weighted by Gasteiger charge is -2.41. The SMILES string of the molecule is CC(C)(C)C[C@H]1N[C@@H](C(=O)CC2CC(C)(O)C2)[C@H](c2cccc(Cl)c2F)[C@@]12C(=O)Sc1cc(F)c(F)cc12. The highest BCUT2D eigenvalue weighted by Crippen LogP contribution is 2.61. The van der Waals surface area contributed by atoms with Crippen molar-refractivity contribution in [1.82, 2.24) is 5.32 Å². The van der Waals surface area contributed by atoms with Crippen LogP contribution in [0.15, 0.2) is 35.2 Å². The molecule has 1 saturated heterocycles. The molecule has 4 nitrogen and oxygen atoms in total. The Labute approximate surface area is 229 Å². The van der Waals surface area contributed by atoms with E-state index in [0.717, 1.165) is 23.9 Å². The van der Waals surface area contributed by atoms with E-state index < -0.39 is 46.5 Å². The summed E-state index contributed by atoms with van der Waals surface area (Å²) in [7, 11) is 0. The fourth-order valence-electron chi connectivity index (χ4n) is 6.82. The number of Topliss-reactive ketones (excluding diaryl/α,β-unsaturated/α-hetero) is 1. The predicted molar refractivity (Wildman–Crippen MR) is 141 cm³/mol. The smallest absolute Gasteiger partial charge is 0.206 e. The van der Waals surface area contributed by atoms with Gasteiger partial charge in [-0.2, -0.15) is 0 Å². The van der Waals surface area contributed by atoms with Crippen molar-refractivity contribution in [1.29, 1.82) is 0 Å². The van der Waals surface area contributed by atoms with Crippen molar-refractivity contribution in [3.05, 3.63) is 63.9 Å². The molecule has 4 atom stereocenters. The summed E-state index contributed by atoms with van der Waals surface area (Å²) in [6, 6.07) is 4.88. The molecule has 2 aromatic rings. The third-order valence-electron chi connectivity index (χ3n) is 8.19. The molecule has 9 heteroatoms. The number of thioether (sulfide) groups is 1. The Hall–Kier alpha value is -1.87. The fraction of sp³-hybridized carbons (Fsp3) is 0.517. The van der Waals surface area contributed by atoms with Crippen LogP contribution in [0.5, 0.6) is 0 Å². The largest absolute Gasteiger partial charge is 0.390 e. The van der Waals surface area contributed by atoms with Crippen LogP contribution in [0.2, 0.25) is 5.02 Å². The van der Waals surface area contributed by atoms with E-state index in [2.05, 4.69) is 5.32 Å². The van der Waals surface area contributed by atoms with Gasteiger partial charge in [-0.15, -0.1) is 0 Å². The molecule has 2 aliphatic heterocycles. The monoisotopic (exact) mass is 565 g/mol. The highest BCUT2D eigenvalue weighted by molar-refractivity contribution is 8.14. The van der Waals surface area contributed by atoms with E-state index in [0.29, 0.717) is 19.3 Å². The Morgan fingerprint density at radius 1 is 1.18 bits per heavy atom. The molecule has 0 unspecified atom stereocenters. The first-order chi connectivity index (χ1) is 17.6. The topological polar surface area (TPSA) is 66.4 Å². The molecule has 1 saturated carbocycles. The van der Waals surface area contributed by atoms with Crippen LogP contribution in [-0.4, -0.2) is 33.7 Å². The Bertz CT molecular complexity index is 1320. The van der Waals surface area contributed by atoms with Gasteiger partial charge in [0.25, 0.3) is 0 Å². The Morgan fingerprint density at radius 2 is 1.84 bits per heavy atom. The van der Waals surface area contributed by atoms with Crippen LogP contribution in [0.25, 0.3) is 0 Å². The standard InChI is InChI=1S/C29H31ClF3NO3S/c1-27(2,3)13-22-29(16-9-18(31)19(32)10-21(16)38-26(29)36)23(15-6-5-7-17(30)24(15)33)25(34-22)20(35)8-14-11-28(4,37)12-14/h5-7,9-10,14,22-23,25,34,37H,8,11-13H2,1-4H3/t14?,22-,23+,25+,28?,29+/m1/s1. The van der Waals surface area contributed by atoms with Crippen molar-refractivity contribution in [2.24, 2.45) is 11.3 Å². The van der Waals surface area contributed by atoms with E-state index in [1.54, 1.807) is 13.0 Å². The normalized spacial score (nSPS) is 32.5. The van der Waals surface area contributed by atoms with Crippen molar-refractivity contribution < 1.29 is 27.9 Å². The van der Waals surface area contributed by atoms with Gasteiger partial charge in [-0.05, 0) is 66.8 Å². The number of aliphatic hydroxyl groups is 1. The lowest BCUT2D eigenvalue weighted by molar-refractivity contribution is -0.126. The van der Waals surface area contributed by atoms with Gasteiger partial charge >= 0.3 is 0 Å². The number of carbonyl (C=O) groups is 2. The zero-order valence-electron chi connectivity index (χ0n) is 21.7. The van der Waals surface area contributed by atoms with Gasteiger partial charge in [-0.3, -0.25) is 9.59 Å². The summed E-state index contributed by atoms with van der Waals surface area (Å²) in [5.41, 5.74) is -2.31. The van der Waals surface area contributed by atoms with Crippen LogP contribution in [0, 0.1) is 28.8 Å². The molecule has 2 aromatic carbocycles. The van der Waals surface area contributed by atoms with Crippen LogP contribution in [-0.2, 0) is 15.0 Å². The van der Waals surface area contributed by atoms with E-state index in [9.17, 15) is 23.5 Å². The third kappa shape index (κ3) is 4.51. The van der Waals surface area contributed by atoms with Crippen LogP contribution < -0.4 is 5.32 Å². The summed E-state index contributed by atoms with van der Waals surface area (Å²) in [4.78, 5) is 28.2. The van der Waals surface area contributed by atoms with Crippen LogP contribution >= 0.6 is 23.4 Å². The molecule has 0 radical (unpaired) electrons. The molecular formula is C29H31ClF3NO3S. The van der Waals surface area contributed by atoms with Gasteiger partial charge in [0.2, 0.25) is 5.12 Å². The van der Waals surface area contributed by atoms with Crippen LogP contribution in [0.1, 0.15) is 70.4 Å². The van der Waals surface area contributed by atoms with Gasteiger partial charge in [-0.1, -0.05) is 56.3 Å². The molecule has 1 aliphatic carbocycles. The zero-order valence-corrected chi connectivity index (χ0v) is 23.3. The maximum Gasteiger partial charge on any atom is 0.206 e. The summed E-state index contributed by atoms with van der Waals surface area (Å²) in [6.45, 7) is 7.68. The summed E-state index contributed by atoms with van der Waals surface area (Å²) in [6.07, 6.45) is 1.51. The first kappa shape index (κ1) is 27.7. The molecule has 0 aromatic heterocycles. The highest BCUT2D eigenvalue weighted by Gasteiger charge is 2.66. The van der Waals surface area contributed by atoms with Crippen LogP contribution in [0.4, 0.5) is 13.2 Å². The second-order valence-corrected chi connectivity index (χ2v) is 14.0. The maximum absolute atomic E-state index is 15.7. The van der Waals surface area contributed by atoms with E-state index in [1.807, 2.05) is 20.8 Å². The summed E-state index contributed by atoms with van der Waals surface area (Å²) in [5.74, 6) is -4.20. The van der Waals surface area contributed by atoms with E-state index >= 15 is 4.39 Å². The first-order valence-electron chi connectivity index (χ1n) is 12.8. The second kappa shape index (κ2) is 9.36. The molecule has 2 heterocycles. The Morgan fingerprint density at radius 3 is 2.47 bits per heavy atom. The minimum atomic E-state index is -1.53. The third-order valence-corrected chi connectivity index (χ3v) is 9.56. The van der Waals surface area contributed by atoms with Gasteiger partial charge in [0.05, 0.1) is 22.1 Å². The van der Waals surface area contributed by atoms with E-state index in [4.69, 9.17) is 11.6 Å². The number of halogens is 4. The zero-order chi connectivity index (χ0) is 27.8. The molecule has 0 bridgehead atoms. The highest BCUT2D eigenvalue weighted by atomic mass is 35.5. The van der Waals surface area contributed by atoms with Crippen LogP contribution in [0.3, 0.4) is 0 Å². The van der Waals surface area contributed by atoms with Crippen molar-refractivity contribution in [3.8, 4) is 0 Å². The molecule has 5 rings (SSSR count). The van der Waals surface area contributed by atoms with Gasteiger partial charge in [0, 0.05) is 23.3 Å². The number of fused-ring (bicyclic) bond motifs is 2. The second-order valence-electron chi connectivity index (χ2n) is 12.5. The summed E-state index contributed by atoms with van der Waals surface area (Å²) >= 11 is 6.99. The number of nitrogens with one attached hydrogen (secondary N) is 1. The molecule has 0 amide bonds. The summed E-state index contributed by atoms with van der Waals surface area (Å²) < 4.78 is 44.7. The van der Waals surface area contributed by atoms with Gasteiger partial charge in [-0.25, -0.2) is 13.2 Å². The summed E-state index contributed by atoms with van der Waals surface area (Å²) in [5, 5.41) is 13.0. The van der Waals surface area contributed by atoms with Gasteiger partial charge in [0.1, 0.15) is 5.82 Å². The van der Waals surface area contributed by atoms with Gasteiger partial charge in [0.15, 0.2) is 17.4 Å². The number of carbonyl (C=O) groups excluding carboxylic acids is 2. The fourth-order valence-corrected chi connectivity index (χ4v) is 8.25. The molecule has 38 heavy (non-hydrogen) atoms. The minimum absolute atomic E-state index is 0.0331. The molecule has 3 aliphatic rings. The van der Waals surface area contributed by atoms with Gasteiger partial charge < -0.3 is 10.4 Å². The van der Waals surface area contributed by atoms with Crippen molar-refractivity contribution >= 4 is 34.3 Å². The number of ketones is 1. The average Bonchev–Trinajstić information content (AvgIpc) is 3.24. The van der Waals surface area contributed by atoms with E-state index in [1.165, 1.54) is 12.1 Å². The number of benzene rings is 2. The molecule has 1 spiro atoms.